The van der Waals surface area contributed by atoms with Crippen LogP contribution in [-0.4, -0.2) is 27.7 Å². The minimum Gasteiger partial charge on any atom is -0.371 e. The SMILES string of the molecule is Cc1nn2c3cc(N4CCCCC4)ccc3nc2c2ccccc12. The molecule has 0 saturated carbocycles. The van der Waals surface area contributed by atoms with E-state index in [-0.39, 0.29) is 0 Å². The highest BCUT2D eigenvalue weighted by atomic mass is 15.3. The Kier molecular flexibility index (Phi) is 2.98. The summed E-state index contributed by atoms with van der Waals surface area (Å²) in [6.07, 6.45) is 3.92. The lowest BCUT2D eigenvalue weighted by Gasteiger charge is -2.28. The Morgan fingerprint density at radius 1 is 0.917 bits per heavy atom. The summed E-state index contributed by atoms with van der Waals surface area (Å²) in [7, 11) is 0. The third kappa shape index (κ3) is 1.99. The van der Waals surface area contributed by atoms with E-state index < -0.39 is 0 Å². The normalized spacial score (nSPS) is 15.6. The van der Waals surface area contributed by atoms with Gasteiger partial charge in [-0.2, -0.15) is 5.10 Å². The van der Waals surface area contributed by atoms with Gasteiger partial charge in [-0.3, -0.25) is 0 Å². The van der Waals surface area contributed by atoms with Crippen LogP contribution in [0.5, 0.6) is 0 Å². The van der Waals surface area contributed by atoms with Crippen LogP contribution in [0.2, 0.25) is 0 Å². The lowest BCUT2D eigenvalue weighted by Crippen LogP contribution is -2.29. The first kappa shape index (κ1) is 13.8. The van der Waals surface area contributed by atoms with Crippen LogP contribution in [0.25, 0.3) is 27.5 Å². The highest BCUT2D eigenvalue weighted by molar-refractivity contribution is 5.99. The van der Waals surface area contributed by atoms with Gasteiger partial charge in [0.2, 0.25) is 0 Å². The second-order valence-corrected chi connectivity index (χ2v) is 6.70. The number of hydrogen-bond acceptors (Lipinski definition) is 3. The summed E-state index contributed by atoms with van der Waals surface area (Å²) in [5, 5.41) is 7.16. The molecule has 2 aromatic carbocycles. The van der Waals surface area contributed by atoms with Gasteiger partial charge in [-0.1, -0.05) is 24.3 Å². The Morgan fingerprint density at radius 3 is 2.54 bits per heavy atom. The molecule has 0 radical (unpaired) electrons. The Hall–Kier alpha value is -2.62. The van der Waals surface area contributed by atoms with Gasteiger partial charge in [-0.15, -0.1) is 0 Å². The van der Waals surface area contributed by atoms with E-state index in [9.17, 15) is 0 Å². The second-order valence-electron chi connectivity index (χ2n) is 6.70. The molecule has 24 heavy (non-hydrogen) atoms. The molecule has 120 valence electrons. The molecule has 0 aliphatic carbocycles. The van der Waals surface area contributed by atoms with Crippen molar-refractivity contribution in [2.24, 2.45) is 0 Å². The van der Waals surface area contributed by atoms with Gasteiger partial charge in [0.15, 0.2) is 5.65 Å². The van der Waals surface area contributed by atoms with Crippen LogP contribution in [0.15, 0.2) is 42.5 Å². The Bertz CT molecular complexity index is 1060. The monoisotopic (exact) mass is 316 g/mol. The lowest BCUT2D eigenvalue weighted by atomic mass is 10.1. The number of benzene rings is 2. The maximum atomic E-state index is 4.85. The fraction of sp³-hybridized carbons (Fsp3) is 0.300. The molecule has 4 nitrogen and oxygen atoms in total. The number of aryl methyl sites for hydroxylation is 1. The fourth-order valence-electron chi connectivity index (χ4n) is 3.87. The molecule has 0 N–H and O–H groups in total. The molecule has 0 amide bonds. The van der Waals surface area contributed by atoms with Crippen LogP contribution in [0, 0.1) is 6.92 Å². The van der Waals surface area contributed by atoms with E-state index in [1.807, 2.05) is 4.52 Å². The summed E-state index contributed by atoms with van der Waals surface area (Å²) in [6.45, 7) is 4.37. The van der Waals surface area contributed by atoms with Crippen LogP contribution in [0.1, 0.15) is 25.0 Å². The van der Waals surface area contributed by atoms with E-state index in [1.54, 1.807) is 0 Å². The van der Waals surface area contributed by atoms with Crippen molar-refractivity contribution in [2.45, 2.75) is 26.2 Å². The van der Waals surface area contributed by atoms with Gasteiger partial charge in [0, 0.05) is 29.5 Å². The zero-order valence-electron chi connectivity index (χ0n) is 13.9. The maximum absolute atomic E-state index is 4.85. The molecule has 5 rings (SSSR count). The van der Waals surface area contributed by atoms with Gasteiger partial charge in [-0.25, -0.2) is 9.50 Å². The van der Waals surface area contributed by atoms with E-state index in [1.165, 1.54) is 35.7 Å². The summed E-state index contributed by atoms with van der Waals surface area (Å²) in [4.78, 5) is 7.34. The first-order valence-electron chi connectivity index (χ1n) is 8.74. The zero-order valence-corrected chi connectivity index (χ0v) is 13.9. The number of nitrogens with zero attached hydrogens (tertiary/aromatic N) is 4. The van der Waals surface area contributed by atoms with E-state index in [4.69, 9.17) is 10.1 Å². The minimum absolute atomic E-state index is 0.946. The van der Waals surface area contributed by atoms with Gasteiger partial charge >= 0.3 is 0 Å². The molecular weight excluding hydrogens is 296 g/mol. The fourth-order valence-corrected chi connectivity index (χ4v) is 3.87. The number of imidazole rings is 1. The predicted molar refractivity (Wildman–Crippen MR) is 98.8 cm³/mol. The average Bonchev–Trinajstić information content (AvgIpc) is 3.01. The third-order valence-electron chi connectivity index (χ3n) is 5.14. The first-order valence-corrected chi connectivity index (χ1v) is 8.74. The number of rotatable bonds is 1. The van der Waals surface area contributed by atoms with Crippen LogP contribution >= 0.6 is 0 Å². The smallest absolute Gasteiger partial charge is 0.162 e. The van der Waals surface area contributed by atoms with Crippen molar-refractivity contribution in [3.8, 4) is 0 Å². The van der Waals surface area contributed by atoms with Crippen molar-refractivity contribution >= 4 is 33.1 Å². The van der Waals surface area contributed by atoms with Crippen LogP contribution in [-0.2, 0) is 0 Å². The number of hydrogen-bond donors (Lipinski definition) is 0. The minimum atomic E-state index is 0.946. The quantitative estimate of drug-likeness (QED) is 0.524. The van der Waals surface area contributed by atoms with Gasteiger partial charge < -0.3 is 4.90 Å². The molecule has 3 heterocycles. The number of anilines is 1. The average molecular weight is 316 g/mol. The summed E-state index contributed by atoms with van der Waals surface area (Å²) in [5.41, 5.74) is 5.39. The highest BCUT2D eigenvalue weighted by Crippen LogP contribution is 2.28. The van der Waals surface area contributed by atoms with E-state index in [2.05, 4.69) is 54.3 Å². The Morgan fingerprint density at radius 2 is 1.71 bits per heavy atom. The Labute approximate surface area is 140 Å². The first-order chi connectivity index (χ1) is 11.8. The van der Waals surface area contributed by atoms with E-state index in [0.29, 0.717) is 0 Å². The zero-order chi connectivity index (χ0) is 16.1. The van der Waals surface area contributed by atoms with Crippen molar-refractivity contribution in [3.05, 3.63) is 48.2 Å². The summed E-state index contributed by atoms with van der Waals surface area (Å²) in [5.74, 6) is 0. The summed E-state index contributed by atoms with van der Waals surface area (Å²) < 4.78 is 2.01. The number of fused-ring (bicyclic) bond motifs is 5. The van der Waals surface area contributed by atoms with Crippen molar-refractivity contribution in [3.63, 3.8) is 0 Å². The third-order valence-corrected chi connectivity index (χ3v) is 5.14. The topological polar surface area (TPSA) is 33.4 Å². The van der Waals surface area contributed by atoms with Crippen LogP contribution in [0.4, 0.5) is 5.69 Å². The molecule has 4 aromatic rings. The van der Waals surface area contributed by atoms with Crippen molar-refractivity contribution in [2.75, 3.05) is 18.0 Å². The molecule has 0 unspecified atom stereocenters. The summed E-state index contributed by atoms with van der Waals surface area (Å²) in [6, 6.07) is 15.0. The van der Waals surface area contributed by atoms with Gasteiger partial charge in [-0.05, 0) is 44.4 Å². The van der Waals surface area contributed by atoms with Crippen LogP contribution < -0.4 is 4.90 Å². The molecule has 0 bridgehead atoms. The molecule has 0 atom stereocenters. The van der Waals surface area contributed by atoms with Crippen LogP contribution in [0.3, 0.4) is 0 Å². The highest BCUT2D eigenvalue weighted by Gasteiger charge is 2.15. The van der Waals surface area contributed by atoms with Crippen molar-refractivity contribution < 1.29 is 0 Å². The van der Waals surface area contributed by atoms with Gasteiger partial charge in [0.1, 0.15) is 0 Å². The molecular formula is C20H20N4. The van der Waals surface area contributed by atoms with E-state index in [0.717, 1.165) is 35.5 Å². The molecule has 2 aromatic heterocycles. The lowest BCUT2D eigenvalue weighted by molar-refractivity contribution is 0.578. The molecule has 1 aliphatic rings. The number of piperidine rings is 1. The molecule has 1 aliphatic heterocycles. The largest absolute Gasteiger partial charge is 0.371 e. The van der Waals surface area contributed by atoms with E-state index >= 15 is 0 Å². The van der Waals surface area contributed by atoms with Crippen molar-refractivity contribution in [1.29, 1.82) is 0 Å². The molecule has 0 spiro atoms. The molecule has 4 heteroatoms. The standard InChI is InChI=1S/C20H20N4/c1-14-16-7-3-4-8-17(16)20-21-18-10-9-15(13-19(18)24(20)22-14)23-11-5-2-6-12-23/h3-4,7-10,13H,2,5-6,11-12H2,1H3. The van der Waals surface area contributed by atoms with Gasteiger partial charge in [0.05, 0.1) is 16.7 Å². The molecule has 1 fully saturated rings. The Balaban J connectivity index is 1.78. The predicted octanol–water partition coefficient (Wildman–Crippen LogP) is 4.33. The van der Waals surface area contributed by atoms with Gasteiger partial charge in [0.25, 0.3) is 0 Å². The number of aromatic nitrogens is 3. The molecule has 1 saturated heterocycles. The second kappa shape index (κ2) is 5.20. The van der Waals surface area contributed by atoms with Crippen molar-refractivity contribution in [1.82, 2.24) is 14.6 Å². The summed E-state index contributed by atoms with van der Waals surface area (Å²) >= 11 is 0. The maximum Gasteiger partial charge on any atom is 0.162 e.